The Bertz CT molecular complexity index is 424. The number of aryl methyl sites for hydroxylation is 1. The molecular formula is C13H24N4O. The number of hydrogen-bond donors (Lipinski definition) is 2. The number of imidazole rings is 1. The Hall–Kier alpha value is -0.910. The minimum atomic E-state index is -0.216. The normalized spacial score (nSPS) is 27.3. The molecule has 1 aliphatic rings. The van der Waals surface area contributed by atoms with E-state index in [9.17, 15) is 0 Å². The Morgan fingerprint density at radius 1 is 1.50 bits per heavy atom. The van der Waals surface area contributed by atoms with Crippen molar-refractivity contribution < 1.29 is 4.74 Å². The van der Waals surface area contributed by atoms with Gasteiger partial charge in [0.25, 0.3) is 0 Å². The summed E-state index contributed by atoms with van der Waals surface area (Å²) in [5.74, 6) is 7.01. The van der Waals surface area contributed by atoms with Gasteiger partial charge in [0.15, 0.2) is 0 Å². The van der Waals surface area contributed by atoms with Crippen LogP contribution in [0.4, 0.5) is 0 Å². The third-order valence-electron chi connectivity index (χ3n) is 3.86. The molecule has 2 heterocycles. The maximum Gasteiger partial charge on any atom is 0.127 e. The second-order valence-electron chi connectivity index (χ2n) is 6.32. The van der Waals surface area contributed by atoms with Gasteiger partial charge in [0, 0.05) is 25.4 Å². The van der Waals surface area contributed by atoms with Crippen LogP contribution in [0.2, 0.25) is 0 Å². The number of hydrogen-bond acceptors (Lipinski definition) is 4. The van der Waals surface area contributed by atoms with Crippen LogP contribution in [0.5, 0.6) is 0 Å². The van der Waals surface area contributed by atoms with Crippen molar-refractivity contribution in [1.82, 2.24) is 15.0 Å². The van der Waals surface area contributed by atoms with Crippen LogP contribution in [0.1, 0.15) is 46.0 Å². The lowest BCUT2D eigenvalue weighted by atomic mass is 9.81. The average molecular weight is 252 g/mol. The largest absolute Gasteiger partial charge is 0.369 e. The number of aromatic nitrogens is 2. The molecule has 0 spiro atoms. The van der Waals surface area contributed by atoms with E-state index in [1.807, 2.05) is 17.8 Å². The Labute approximate surface area is 109 Å². The first kappa shape index (κ1) is 13.5. The lowest BCUT2D eigenvalue weighted by Crippen LogP contribution is -2.42. The van der Waals surface area contributed by atoms with Gasteiger partial charge in [-0.1, -0.05) is 0 Å². The summed E-state index contributed by atoms with van der Waals surface area (Å²) in [7, 11) is 1.99. The summed E-state index contributed by atoms with van der Waals surface area (Å²) < 4.78 is 8.14. The van der Waals surface area contributed by atoms with Gasteiger partial charge in [0.1, 0.15) is 5.82 Å². The smallest absolute Gasteiger partial charge is 0.127 e. The lowest BCUT2D eigenvalue weighted by Gasteiger charge is -2.32. The molecule has 2 unspecified atom stereocenters. The predicted octanol–water partition coefficient (Wildman–Crippen LogP) is 1.52. The third-order valence-corrected chi connectivity index (χ3v) is 3.86. The summed E-state index contributed by atoms with van der Waals surface area (Å²) in [6.45, 7) is 8.50. The van der Waals surface area contributed by atoms with Gasteiger partial charge in [-0.15, -0.1) is 0 Å². The van der Waals surface area contributed by atoms with Crippen LogP contribution >= 0.6 is 0 Å². The highest BCUT2D eigenvalue weighted by Gasteiger charge is 2.50. The maximum atomic E-state index is 6.14. The quantitative estimate of drug-likeness (QED) is 0.632. The van der Waals surface area contributed by atoms with E-state index in [1.54, 1.807) is 6.20 Å². The molecule has 2 rings (SSSR count). The third kappa shape index (κ3) is 2.30. The fraction of sp³-hybridized carbons (Fsp3) is 0.769. The second-order valence-corrected chi connectivity index (χ2v) is 6.32. The van der Waals surface area contributed by atoms with E-state index in [-0.39, 0.29) is 17.2 Å². The molecule has 1 aromatic heterocycles. The molecule has 1 fully saturated rings. The van der Waals surface area contributed by atoms with E-state index >= 15 is 0 Å². The van der Waals surface area contributed by atoms with Gasteiger partial charge in [0.05, 0.1) is 17.2 Å². The molecule has 0 saturated carbocycles. The van der Waals surface area contributed by atoms with Crippen LogP contribution in [-0.2, 0) is 11.8 Å². The van der Waals surface area contributed by atoms with Crippen LogP contribution in [0.3, 0.4) is 0 Å². The van der Waals surface area contributed by atoms with E-state index < -0.39 is 0 Å². The molecule has 3 N–H and O–H groups in total. The fourth-order valence-corrected chi connectivity index (χ4v) is 3.17. The predicted molar refractivity (Wildman–Crippen MR) is 70.6 cm³/mol. The fourth-order valence-electron chi connectivity index (χ4n) is 3.17. The van der Waals surface area contributed by atoms with Gasteiger partial charge >= 0.3 is 0 Å². The molecule has 5 nitrogen and oxygen atoms in total. The van der Waals surface area contributed by atoms with Crippen molar-refractivity contribution >= 4 is 0 Å². The number of nitrogens with two attached hydrogens (primary N) is 1. The van der Waals surface area contributed by atoms with Crippen LogP contribution in [0.15, 0.2) is 12.4 Å². The zero-order chi connectivity index (χ0) is 13.6. The Morgan fingerprint density at radius 3 is 2.56 bits per heavy atom. The topological polar surface area (TPSA) is 65.1 Å². The standard InChI is InChI=1S/C13H24N4O/c1-12(2)8-9(13(3,4)18-12)10(16-14)11-15-6-7-17(11)5/h6-7,9-10,16H,8,14H2,1-5H3. The van der Waals surface area contributed by atoms with Crippen LogP contribution in [-0.4, -0.2) is 20.8 Å². The minimum Gasteiger partial charge on any atom is -0.369 e. The van der Waals surface area contributed by atoms with Crippen LogP contribution in [0.25, 0.3) is 0 Å². The first-order valence-corrected chi connectivity index (χ1v) is 6.40. The first-order valence-electron chi connectivity index (χ1n) is 6.40. The van der Waals surface area contributed by atoms with E-state index in [2.05, 4.69) is 38.1 Å². The average Bonchev–Trinajstić information content (AvgIpc) is 2.71. The monoisotopic (exact) mass is 252 g/mol. The highest BCUT2D eigenvalue weighted by Crippen LogP contribution is 2.47. The molecule has 1 aliphatic heterocycles. The summed E-state index contributed by atoms with van der Waals surface area (Å²) in [6, 6.07) is 0.00164. The Morgan fingerprint density at radius 2 is 2.17 bits per heavy atom. The SMILES string of the molecule is Cn1ccnc1C(NN)C1CC(C)(C)OC1(C)C. The number of rotatable bonds is 3. The molecule has 1 aromatic rings. The summed E-state index contributed by atoms with van der Waals surface area (Å²) in [6.07, 6.45) is 4.70. The molecule has 0 bridgehead atoms. The number of ether oxygens (including phenoxy) is 1. The first-order chi connectivity index (χ1) is 8.27. The van der Waals surface area contributed by atoms with Gasteiger partial charge in [-0.25, -0.2) is 10.4 Å². The van der Waals surface area contributed by atoms with E-state index in [0.29, 0.717) is 5.92 Å². The molecule has 2 atom stereocenters. The molecule has 0 aromatic carbocycles. The van der Waals surface area contributed by atoms with Crippen molar-refractivity contribution in [1.29, 1.82) is 0 Å². The number of nitrogens with zero attached hydrogens (tertiary/aromatic N) is 2. The van der Waals surface area contributed by atoms with E-state index in [1.165, 1.54) is 0 Å². The van der Waals surface area contributed by atoms with Gasteiger partial charge in [-0.3, -0.25) is 5.84 Å². The maximum absolute atomic E-state index is 6.14. The number of nitrogens with one attached hydrogen (secondary N) is 1. The van der Waals surface area contributed by atoms with Crippen molar-refractivity contribution in [3.63, 3.8) is 0 Å². The zero-order valence-corrected chi connectivity index (χ0v) is 11.9. The summed E-state index contributed by atoms with van der Waals surface area (Å²) >= 11 is 0. The van der Waals surface area contributed by atoms with Crippen LogP contribution in [0, 0.1) is 5.92 Å². The van der Waals surface area contributed by atoms with Gasteiger partial charge in [0.2, 0.25) is 0 Å². The molecule has 0 amide bonds. The molecule has 5 heteroatoms. The summed E-state index contributed by atoms with van der Waals surface area (Å²) in [5.41, 5.74) is 2.58. The van der Waals surface area contributed by atoms with Gasteiger partial charge in [-0.05, 0) is 34.1 Å². The van der Waals surface area contributed by atoms with Crippen molar-refractivity contribution in [2.24, 2.45) is 18.8 Å². The minimum absolute atomic E-state index is 0.00164. The highest BCUT2D eigenvalue weighted by atomic mass is 16.5. The molecule has 1 saturated heterocycles. The number of hydrazine groups is 1. The second kappa shape index (κ2) is 4.33. The molecule has 0 aliphatic carbocycles. The van der Waals surface area contributed by atoms with Crippen molar-refractivity contribution in [3.05, 3.63) is 18.2 Å². The molecule has 0 radical (unpaired) electrons. The van der Waals surface area contributed by atoms with E-state index in [4.69, 9.17) is 10.6 Å². The summed E-state index contributed by atoms with van der Waals surface area (Å²) in [4.78, 5) is 4.41. The van der Waals surface area contributed by atoms with Crippen molar-refractivity contribution in [2.75, 3.05) is 0 Å². The zero-order valence-electron chi connectivity index (χ0n) is 11.9. The molecular weight excluding hydrogens is 228 g/mol. The van der Waals surface area contributed by atoms with E-state index in [0.717, 1.165) is 12.2 Å². The Kier molecular flexibility index (Phi) is 3.25. The van der Waals surface area contributed by atoms with Crippen molar-refractivity contribution in [3.8, 4) is 0 Å². The molecule has 102 valence electrons. The Balaban J connectivity index is 2.32. The lowest BCUT2D eigenvalue weighted by molar-refractivity contribution is -0.0782. The van der Waals surface area contributed by atoms with Gasteiger partial charge < -0.3 is 9.30 Å². The van der Waals surface area contributed by atoms with Crippen LogP contribution < -0.4 is 11.3 Å². The molecule has 18 heavy (non-hydrogen) atoms. The highest BCUT2D eigenvalue weighted by molar-refractivity contribution is 5.08. The summed E-state index contributed by atoms with van der Waals surface area (Å²) in [5, 5.41) is 0. The van der Waals surface area contributed by atoms with Crippen molar-refractivity contribution in [2.45, 2.75) is 51.4 Å². The van der Waals surface area contributed by atoms with Gasteiger partial charge in [-0.2, -0.15) is 0 Å².